The molecule has 1 aromatic heterocycles. The van der Waals surface area contributed by atoms with Crippen molar-refractivity contribution in [2.45, 2.75) is 20.4 Å². The minimum absolute atomic E-state index is 0.0231. The summed E-state index contributed by atoms with van der Waals surface area (Å²) in [7, 11) is 3.51. The maximum atomic E-state index is 12.8. The number of carbonyl (C=O) groups excluding carboxylic acids is 3. The number of para-hydroxylation sites is 2. The quantitative estimate of drug-likeness (QED) is 0.364. The molecule has 0 aliphatic heterocycles. The lowest BCUT2D eigenvalue weighted by Gasteiger charge is -2.23. The molecular formula is C26H30N4O4S. The van der Waals surface area contributed by atoms with Crippen LogP contribution in [-0.2, 0) is 16.1 Å². The van der Waals surface area contributed by atoms with Crippen molar-refractivity contribution in [2.24, 2.45) is 0 Å². The summed E-state index contributed by atoms with van der Waals surface area (Å²) in [6, 6.07) is 17.9. The second kappa shape index (κ2) is 12.0. The van der Waals surface area contributed by atoms with Crippen molar-refractivity contribution in [3.8, 4) is 0 Å². The maximum Gasteiger partial charge on any atom is 0.341 e. The van der Waals surface area contributed by atoms with E-state index in [-0.39, 0.29) is 30.5 Å². The third kappa shape index (κ3) is 6.39. The largest absolute Gasteiger partial charge is 0.462 e. The Hall–Kier alpha value is -3.85. The molecule has 2 amide bonds. The van der Waals surface area contributed by atoms with E-state index in [1.807, 2.05) is 49.5 Å². The number of rotatable bonds is 10. The number of esters is 1. The van der Waals surface area contributed by atoms with Crippen LogP contribution in [0.1, 0.15) is 38.1 Å². The lowest BCUT2D eigenvalue weighted by atomic mass is 10.1. The van der Waals surface area contributed by atoms with Gasteiger partial charge in [-0.1, -0.05) is 42.5 Å². The molecule has 0 aliphatic rings. The molecule has 0 spiro atoms. The zero-order valence-electron chi connectivity index (χ0n) is 20.3. The van der Waals surface area contributed by atoms with Crippen LogP contribution in [0, 0.1) is 6.92 Å². The molecule has 0 saturated carbocycles. The normalized spacial score (nSPS) is 10.4. The minimum Gasteiger partial charge on any atom is -0.462 e. The second-order valence-corrected chi connectivity index (χ2v) is 8.84. The molecule has 8 nitrogen and oxygen atoms in total. The van der Waals surface area contributed by atoms with Crippen LogP contribution in [0.2, 0.25) is 0 Å². The summed E-state index contributed by atoms with van der Waals surface area (Å²) in [5, 5.41) is 8.81. The summed E-state index contributed by atoms with van der Waals surface area (Å²) in [5.74, 6) is -1.25. The highest BCUT2D eigenvalue weighted by Gasteiger charge is 2.26. The molecule has 0 atom stereocenters. The average Bonchev–Trinajstić information content (AvgIpc) is 3.18. The first kappa shape index (κ1) is 25.8. The van der Waals surface area contributed by atoms with Crippen LogP contribution in [-0.4, -0.2) is 45.0 Å². The smallest absolute Gasteiger partial charge is 0.341 e. The number of ether oxygens (including phenoxy) is 1. The standard InChI is InChI=1S/C26H30N4O4S/c1-5-34-26(33)22-17(2)23(24(32)27-3)35-25(22)29-21(31)15-28-19-13-9-10-14-20(19)30(4)16-18-11-7-6-8-12-18/h6-14,28H,5,15-16H2,1-4H3,(H,27,32)(H,29,31). The SMILES string of the molecule is CCOC(=O)c1c(NC(=O)CNc2ccccc2N(C)Cc2ccccc2)sc(C(=O)NC)c1C. The van der Waals surface area contributed by atoms with E-state index in [9.17, 15) is 14.4 Å². The number of carbonyl (C=O) groups is 3. The van der Waals surface area contributed by atoms with Crippen LogP contribution >= 0.6 is 11.3 Å². The fraction of sp³-hybridized carbons (Fsp3) is 0.269. The van der Waals surface area contributed by atoms with E-state index in [4.69, 9.17) is 4.74 Å². The molecular weight excluding hydrogens is 464 g/mol. The Labute approximate surface area is 209 Å². The molecule has 0 radical (unpaired) electrons. The van der Waals surface area contributed by atoms with Crippen LogP contribution in [0.25, 0.3) is 0 Å². The van der Waals surface area contributed by atoms with Gasteiger partial charge in [0.05, 0.1) is 35.0 Å². The maximum absolute atomic E-state index is 12.8. The first-order valence-electron chi connectivity index (χ1n) is 11.3. The number of thiophene rings is 1. The molecule has 3 N–H and O–H groups in total. The van der Waals surface area contributed by atoms with Crippen LogP contribution in [0.5, 0.6) is 0 Å². The number of hydrogen-bond acceptors (Lipinski definition) is 7. The molecule has 3 aromatic rings. The van der Waals surface area contributed by atoms with Gasteiger partial charge >= 0.3 is 5.97 Å². The molecule has 0 fully saturated rings. The molecule has 3 rings (SSSR count). The van der Waals surface area contributed by atoms with Crippen molar-refractivity contribution in [3.05, 3.63) is 76.2 Å². The monoisotopic (exact) mass is 494 g/mol. The van der Waals surface area contributed by atoms with E-state index in [1.165, 1.54) is 12.6 Å². The fourth-order valence-corrected chi connectivity index (χ4v) is 4.78. The predicted molar refractivity (Wildman–Crippen MR) is 141 cm³/mol. The lowest BCUT2D eigenvalue weighted by molar-refractivity contribution is -0.114. The van der Waals surface area contributed by atoms with Crippen molar-refractivity contribution < 1.29 is 19.1 Å². The summed E-state index contributed by atoms with van der Waals surface area (Å²) in [5.41, 5.74) is 3.61. The molecule has 2 aromatic carbocycles. The van der Waals surface area contributed by atoms with Gasteiger partial charge in [-0.05, 0) is 37.1 Å². The van der Waals surface area contributed by atoms with Gasteiger partial charge in [0.1, 0.15) is 5.00 Å². The molecule has 9 heteroatoms. The number of benzene rings is 2. The third-order valence-corrected chi connectivity index (χ3v) is 6.54. The van der Waals surface area contributed by atoms with E-state index in [0.717, 1.165) is 22.7 Å². The zero-order chi connectivity index (χ0) is 25.4. The van der Waals surface area contributed by atoms with Gasteiger partial charge < -0.3 is 25.6 Å². The minimum atomic E-state index is -0.576. The molecule has 0 saturated heterocycles. The Morgan fingerprint density at radius 3 is 2.40 bits per heavy atom. The highest BCUT2D eigenvalue weighted by Crippen LogP contribution is 2.34. The highest BCUT2D eigenvalue weighted by atomic mass is 32.1. The van der Waals surface area contributed by atoms with Gasteiger partial charge in [0.15, 0.2) is 0 Å². The molecule has 35 heavy (non-hydrogen) atoms. The topological polar surface area (TPSA) is 99.8 Å². The number of nitrogens with zero attached hydrogens (tertiary/aromatic N) is 1. The summed E-state index contributed by atoms with van der Waals surface area (Å²) in [6.45, 7) is 4.25. The van der Waals surface area contributed by atoms with Gasteiger partial charge in [0.2, 0.25) is 5.91 Å². The molecule has 184 valence electrons. The number of hydrogen-bond donors (Lipinski definition) is 3. The average molecular weight is 495 g/mol. The number of nitrogens with one attached hydrogen (secondary N) is 3. The Morgan fingerprint density at radius 1 is 1.03 bits per heavy atom. The van der Waals surface area contributed by atoms with Gasteiger partial charge in [0.25, 0.3) is 5.91 Å². The Balaban J connectivity index is 1.73. The first-order chi connectivity index (χ1) is 16.8. The molecule has 0 unspecified atom stereocenters. The van der Waals surface area contributed by atoms with Crippen LogP contribution in [0.3, 0.4) is 0 Å². The van der Waals surface area contributed by atoms with E-state index in [0.29, 0.717) is 22.0 Å². The van der Waals surface area contributed by atoms with Crippen molar-refractivity contribution in [1.29, 1.82) is 0 Å². The Kier molecular flexibility index (Phi) is 8.86. The molecule has 0 aliphatic carbocycles. The zero-order valence-corrected chi connectivity index (χ0v) is 21.1. The van der Waals surface area contributed by atoms with Gasteiger partial charge in [-0.15, -0.1) is 11.3 Å². The Bertz CT molecular complexity index is 1190. The highest BCUT2D eigenvalue weighted by molar-refractivity contribution is 7.18. The van der Waals surface area contributed by atoms with E-state index in [1.54, 1.807) is 13.8 Å². The second-order valence-electron chi connectivity index (χ2n) is 7.82. The third-order valence-electron chi connectivity index (χ3n) is 5.33. The Morgan fingerprint density at radius 2 is 1.71 bits per heavy atom. The number of amides is 2. The fourth-order valence-electron chi connectivity index (χ4n) is 3.63. The van der Waals surface area contributed by atoms with Gasteiger partial charge in [0, 0.05) is 20.6 Å². The van der Waals surface area contributed by atoms with E-state index in [2.05, 4.69) is 33.0 Å². The van der Waals surface area contributed by atoms with Gasteiger partial charge in [-0.2, -0.15) is 0 Å². The van der Waals surface area contributed by atoms with Crippen molar-refractivity contribution in [2.75, 3.05) is 42.8 Å². The lowest BCUT2D eigenvalue weighted by Crippen LogP contribution is -2.24. The van der Waals surface area contributed by atoms with Crippen LogP contribution in [0.4, 0.5) is 16.4 Å². The van der Waals surface area contributed by atoms with E-state index < -0.39 is 5.97 Å². The van der Waals surface area contributed by atoms with Gasteiger partial charge in [-0.3, -0.25) is 9.59 Å². The summed E-state index contributed by atoms with van der Waals surface area (Å²) >= 11 is 1.05. The van der Waals surface area contributed by atoms with Crippen LogP contribution in [0.15, 0.2) is 54.6 Å². The van der Waals surface area contributed by atoms with Crippen molar-refractivity contribution in [1.82, 2.24) is 5.32 Å². The van der Waals surface area contributed by atoms with Gasteiger partial charge in [-0.25, -0.2) is 4.79 Å². The summed E-state index contributed by atoms with van der Waals surface area (Å²) < 4.78 is 5.14. The molecule has 0 bridgehead atoms. The number of anilines is 3. The van der Waals surface area contributed by atoms with Crippen molar-refractivity contribution in [3.63, 3.8) is 0 Å². The predicted octanol–water partition coefficient (Wildman–Crippen LogP) is 4.28. The summed E-state index contributed by atoms with van der Waals surface area (Å²) in [4.78, 5) is 40.0. The van der Waals surface area contributed by atoms with E-state index >= 15 is 0 Å². The van der Waals surface area contributed by atoms with Crippen LogP contribution < -0.4 is 20.9 Å². The first-order valence-corrected chi connectivity index (χ1v) is 12.1. The molecule has 1 heterocycles. The van der Waals surface area contributed by atoms with Crippen molar-refractivity contribution >= 4 is 45.5 Å². The summed E-state index contributed by atoms with van der Waals surface area (Å²) in [6.07, 6.45) is 0.